The van der Waals surface area contributed by atoms with E-state index < -0.39 is 0 Å². The number of rotatable bonds is 6. The molecular formula is C12H22N2O. The van der Waals surface area contributed by atoms with E-state index in [1.165, 1.54) is 0 Å². The van der Waals surface area contributed by atoms with Gasteiger partial charge in [-0.3, -0.25) is 0 Å². The van der Waals surface area contributed by atoms with Crippen LogP contribution in [0.2, 0.25) is 0 Å². The predicted octanol–water partition coefficient (Wildman–Crippen LogP) is 2.61. The average molecular weight is 210 g/mol. The monoisotopic (exact) mass is 210 g/mol. The van der Waals surface area contributed by atoms with Crippen LogP contribution in [0.15, 0.2) is 23.8 Å². The lowest BCUT2D eigenvalue weighted by atomic mass is 10.2. The van der Waals surface area contributed by atoms with E-state index in [4.69, 9.17) is 0 Å². The molecule has 0 aliphatic carbocycles. The first-order chi connectivity index (χ1) is 7.24. The second-order valence-electron chi connectivity index (χ2n) is 3.33. The third-order valence-corrected chi connectivity index (χ3v) is 2.02. The summed E-state index contributed by atoms with van der Waals surface area (Å²) < 4.78 is 0. The van der Waals surface area contributed by atoms with Gasteiger partial charge in [-0.2, -0.15) is 0 Å². The van der Waals surface area contributed by atoms with Crippen molar-refractivity contribution in [1.82, 2.24) is 10.6 Å². The molecule has 0 aliphatic rings. The van der Waals surface area contributed by atoms with Crippen LogP contribution in [-0.4, -0.2) is 19.1 Å². The topological polar surface area (TPSA) is 41.1 Å². The van der Waals surface area contributed by atoms with Gasteiger partial charge in [0.25, 0.3) is 0 Å². The van der Waals surface area contributed by atoms with Gasteiger partial charge in [-0.25, -0.2) is 4.79 Å². The molecule has 3 heteroatoms. The molecule has 0 radical (unpaired) electrons. The van der Waals surface area contributed by atoms with Crippen LogP contribution >= 0.6 is 0 Å². The molecule has 0 unspecified atom stereocenters. The van der Waals surface area contributed by atoms with Crippen molar-refractivity contribution in [3.63, 3.8) is 0 Å². The minimum absolute atomic E-state index is 0.0905. The summed E-state index contributed by atoms with van der Waals surface area (Å²) >= 11 is 0. The molecule has 0 heterocycles. The second kappa shape index (κ2) is 9.31. The minimum atomic E-state index is -0.0905. The number of hydrogen-bond acceptors (Lipinski definition) is 1. The van der Waals surface area contributed by atoms with E-state index in [9.17, 15) is 4.79 Å². The number of allylic oxidation sites excluding steroid dienone is 2. The van der Waals surface area contributed by atoms with Crippen molar-refractivity contribution >= 4 is 6.03 Å². The average Bonchev–Trinajstić information content (AvgIpc) is 2.24. The van der Waals surface area contributed by atoms with Gasteiger partial charge in [0, 0.05) is 13.1 Å². The second-order valence-corrected chi connectivity index (χ2v) is 3.33. The number of unbranched alkanes of at least 4 members (excludes halogenated alkanes) is 1. The van der Waals surface area contributed by atoms with Crippen LogP contribution < -0.4 is 10.6 Å². The fraction of sp³-hybridized carbons (Fsp3) is 0.583. The van der Waals surface area contributed by atoms with Gasteiger partial charge in [-0.1, -0.05) is 31.6 Å². The summed E-state index contributed by atoms with van der Waals surface area (Å²) in [5.41, 5.74) is 1.11. The molecule has 0 aromatic rings. The molecule has 0 rings (SSSR count). The molecule has 0 spiro atoms. The first kappa shape index (κ1) is 13.8. The van der Waals surface area contributed by atoms with Crippen LogP contribution in [0.4, 0.5) is 4.79 Å². The summed E-state index contributed by atoms with van der Waals surface area (Å²) in [4.78, 5) is 11.3. The van der Waals surface area contributed by atoms with E-state index >= 15 is 0 Å². The molecule has 0 fully saturated rings. The Balaban J connectivity index is 3.69. The van der Waals surface area contributed by atoms with E-state index in [2.05, 4.69) is 17.6 Å². The first-order valence-corrected chi connectivity index (χ1v) is 5.54. The first-order valence-electron chi connectivity index (χ1n) is 5.54. The van der Waals surface area contributed by atoms with Crippen molar-refractivity contribution in [3.05, 3.63) is 23.8 Å². The van der Waals surface area contributed by atoms with E-state index in [1.54, 1.807) is 0 Å². The summed E-state index contributed by atoms with van der Waals surface area (Å²) in [7, 11) is 0. The lowest BCUT2D eigenvalue weighted by Crippen LogP contribution is -2.36. The van der Waals surface area contributed by atoms with E-state index in [0.29, 0.717) is 6.54 Å². The van der Waals surface area contributed by atoms with Gasteiger partial charge in [0.2, 0.25) is 0 Å². The molecule has 0 aromatic heterocycles. The van der Waals surface area contributed by atoms with Crippen molar-refractivity contribution in [2.75, 3.05) is 13.1 Å². The number of nitrogens with one attached hydrogen (secondary N) is 2. The third kappa shape index (κ3) is 7.79. The Morgan fingerprint density at radius 3 is 2.53 bits per heavy atom. The number of carbonyl (C=O) groups is 1. The van der Waals surface area contributed by atoms with Crippen LogP contribution in [0.3, 0.4) is 0 Å². The Kier molecular flexibility index (Phi) is 8.53. The number of amides is 2. The van der Waals surface area contributed by atoms with E-state index in [-0.39, 0.29) is 6.03 Å². The predicted molar refractivity (Wildman–Crippen MR) is 64.9 cm³/mol. The Morgan fingerprint density at radius 1 is 1.27 bits per heavy atom. The number of carbonyl (C=O) groups excluding carboxylic acids is 1. The van der Waals surface area contributed by atoms with Gasteiger partial charge in [-0.05, 0) is 25.8 Å². The number of urea groups is 1. The Bertz CT molecular complexity index is 232. The molecule has 15 heavy (non-hydrogen) atoms. The van der Waals surface area contributed by atoms with Gasteiger partial charge < -0.3 is 10.6 Å². The highest BCUT2D eigenvalue weighted by molar-refractivity contribution is 5.74. The molecule has 2 N–H and O–H groups in total. The molecule has 2 amide bonds. The van der Waals surface area contributed by atoms with Crippen LogP contribution in [0.1, 0.15) is 33.6 Å². The lowest BCUT2D eigenvalue weighted by Gasteiger charge is -2.07. The summed E-state index contributed by atoms with van der Waals surface area (Å²) in [5.74, 6) is 0. The van der Waals surface area contributed by atoms with Crippen LogP contribution in [-0.2, 0) is 0 Å². The van der Waals surface area contributed by atoms with Gasteiger partial charge in [-0.15, -0.1) is 0 Å². The van der Waals surface area contributed by atoms with Crippen molar-refractivity contribution in [3.8, 4) is 0 Å². The zero-order valence-corrected chi connectivity index (χ0v) is 9.97. The Labute approximate surface area is 92.6 Å². The molecule has 0 aromatic carbocycles. The SMILES string of the molecule is C/C=C\C(=C/C)CNC(=O)NCCCC. The fourth-order valence-electron chi connectivity index (χ4n) is 1.09. The molecule has 0 bridgehead atoms. The van der Waals surface area contributed by atoms with Crippen LogP contribution in [0.25, 0.3) is 0 Å². The minimum Gasteiger partial charge on any atom is -0.338 e. The molecule has 3 nitrogen and oxygen atoms in total. The molecule has 0 saturated heterocycles. The molecule has 0 atom stereocenters. The van der Waals surface area contributed by atoms with Crippen molar-refractivity contribution < 1.29 is 4.79 Å². The zero-order chi connectivity index (χ0) is 11.5. The maximum absolute atomic E-state index is 11.3. The lowest BCUT2D eigenvalue weighted by molar-refractivity contribution is 0.241. The third-order valence-electron chi connectivity index (χ3n) is 2.02. The highest BCUT2D eigenvalue weighted by Gasteiger charge is 1.98. The highest BCUT2D eigenvalue weighted by atomic mass is 16.2. The molecule has 86 valence electrons. The van der Waals surface area contributed by atoms with Crippen LogP contribution in [0, 0.1) is 0 Å². The summed E-state index contributed by atoms with van der Waals surface area (Å²) in [6.45, 7) is 7.36. The number of hydrogen-bond donors (Lipinski definition) is 2. The van der Waals surface area contributed by atoms with E-state index in [0.717, 1.165) is 25.0 Å². The Morgan fingerprint density at radius 2 is 2.00 bits per heavy atom. The van der Waals surface area contributed by atoms with Crippen molar-refractivity contribution in [2.45, 2.75) is 33.6 Å². The highest BCUT2D eigenvalue weighted by Crippen LogP contribution is 1.94. The molecular weight excluding hydrogens is 188 g/mol. The largest absolute Gasteiger partial charge is 0.338 e. The maximum Gasteiger partial charge on any atom is 0.315 e. The quantitative estimate of drug-likeness (QED) is 0.513. The van der Waals surface area contributed by atoms with Crippen molar-refractivity contribution in [2.24, 2.45) is 0 Å². The van der Waals surface area contributed by atoms with Crippen LogP contribution in [0.5, 0.6) is 0 Å². The zero-order valence-electron chi connectivity index (χ0n) is 9.97. The Hall–Kier alpha value is -1.25. The summed E-state index contributed by atoms with van der Waals surface area (Å²) in [6.07, 6.45) is 8.07. The van der Waals surface area contributed by atoms with Crippen molar-refractivity contribution in [1.29, 1.82) is 0 Å². The summed E-state index contributed by atoms with van der Waals surface area (Å²) in [5, 5.41) is 5.61. The summed E-state index contributed by atoms with van der Waals surface area (Å²) in [6, 6.07) is -0.0905. The fourth-order valence-corrected chi connectivity index (χ4v) is 1.09. The van der Waals surface area contributed by atoms with Gasteiger partial charge in [0.1, 0.15) is 0 Å². The van der Waals surface area contributed by atoms with Gasteiger partial charge in [0.05, 0.1) is 0 Å². The molecule has 0 saturated carbocycles. The van der Waals surface area contributed by atoms with Gasteiger partial charge in [0.15, 0.2) is 0 Å². The maximum atomic E-state index is 11.3. The van der Waals surface area contributed by atoms with Gasteiger partial charge >= 0.3 is 6.03 Å². The van der Waals surface area contributed by atoms with E-state index in [1.807, 2.05) is 32.1 Å². The standard InChI is InChI=1S/C12H22N2O/c1-4-7-9-13-12(15)14-10-11(6-3)8-5-2/h5-6,8H,4,7,9-10H2,1-3H3,(H2,13,14,15)/b8-5-,11-6+. The normalized spacial score (nSPS) is 11.8. The smallest absolute Gasteiger partial charge is 0.315 e. The molecule has 0 aliphatic heterocycles.